The van der Waals surface area contributed by atoms with Gasteiger partial charge in [-0.05, 0) is 62.9 Å². The molecule has 2 nitrogen and oxygen atoms in total. The zero-order valence-electron chi connectivity index (χ0n) is 12.3. The number of aryl methyl sites for hydroxylation is 1. The number of nitrogens with zero attached hydrogens (tertiary/aromatic N) is 1. The summed E-state index contributed by atoms with van der Waals surface area (Å²) in [5.41, 5.74) is 8.73. The SMILES string of the molecule is CCCCc1ccc(C(CCN)N2CCCC2)cc1. The van der Waals surface area contributed by atoms with Crippen LogP contribution in [0.4, 0.5) is 0 Å². The van der Waals surface area contributed by atoms with Gasteiger partial charge in [0.2, 0.25) is 0 Å². The van der Waals surface area contributed by atoms with Crippen LogP contribution in [0.5, 0.6) is 0 Å². The Balaban J connectivity index is 2.03. The van der Waals surface area contributed by atoms with Crippen LogP contribution in [0, 0.1) is 0 Å². The van der Waals surface area contributed by atoms with Gasteiger partial charge in [0.05, 0.1) is 0 Å². The number of unbranched alkanes of at least 4 members (excludes halogenated alkanes) is 1. The number of hydrogen-bond acceptors (Lipinski definition) is 2. The van der Waals surface area contributed by atoms with Crippen LogP contribution in [0.1, 0.15) is 56.2 Å². The van der Waals surface area contributed by atoms with Gasteiger partial charge in [-0.3, -0.25) is 4.90 Å². The average molecular weight is 260 g/mol. The van der Waals surface area contributed by atoms with Crippen LogP contribution in [-0.4, -0.2) is 24.5 Å². The highest BCUT2D eigenvalue weighted by Gasteiger charge is 2.22. The molecule has 19 heavy (non-hydrogen) atoms. The smallest absolute Gasteiger partial charge is 0.0360 e. The molecule has 1 aromatic rings. The van der Waals surface area contributed by atoms with Gasteiger partial charge in [0.25, 0.3) is 0 Å². The van der Waals surface area contributed by atoms with Gasteiger partial charge in [-0.25, -0.2) is 0 Å². The van der Waals surface area contributed by atoms with Gasteiger partial charge in [-0.2, -0.15) is 0 Å². The van der Waals surface area contributed by atoms with Crippen LogP contribution in [0.15, 0.2) is 24.3 Å². The molecule has 0 amide bonds. The lowest BCUT2D eigenvalue weighted by atomic mass is 9.99. The Morgan fingerprint density at radius 3 is 2.42 bits per heavy atom. The summed E-state index contributed by atoms with van der Waals surface area (Å²) in [5, 5.41) is 0. The first-order chi connectivity index (χ1) is 9.35. The van der Waals surface area contributed by atoms with Crippen molar-refractivity contribution in [2.24, 2.45) is 5.73 Å². The fraction of sp³-hybridized carbons (Fsp3) is 0.647. The van der Waals surface area contributed by atoms with Crippen molar-refractivity contribution in [3.05, 3.63) is 35.4 Å². The Hall–Kier alpha value is -0.860. The summed E-state index contributed by atoms with van der Waals surface area (Å²) in [6.45, 7) is 5.50. The summed E-state index contributed by atoms with van der Waals surface area (Å²) in [5.74, 6) is 0. The summed E-state index contributed by atoms with van der Waals surface area (Å²) < 4.78 is 0. The second kappa shape index (κ2) is 7.66. The van der Waals surface area contributed by atoms with Crippen molar-refractivity contribution in [2.75, 3.05) is 19.6 Å². The van der Waals surface area contributed by atoms with Crippen molar-refractivity contribution in [1.29, 1.82) is 0 Å². The highest BCUT2D eigenvalue weighted by molar-refractivity contribution is 5.25. The lowest BCUT2D eigenvalue weighted by Crippen LogP contribution is -2.27. The Morgan fingerprint density at radius 1 is 1.16 bits per heavy atom. The molecule has 1 atom stereocenters. The molecule has 0 aromatic heterocycles. The highest BCUT2D eigenvalue weighted by atomic mass is 15.2. The number of likely N-dealkylation sites (tertiary alicyclic amines) is 1. The molecule has 0 bridgehead atoms. The third-order valence-corrected chi connectivity index (χ3v) is 4.21. The molecule has 106 valence electrons. The standard InChI is InChI=1S/C17H28N2/c1-2-3-6-15-7-9-16(10-8-15)17(11-12-18)19-13-4-5-14-19/h7-10,17H,2-6,11-14,18H2,1H3. The molecular formula is C17H28N2. The lowest BCUT2D eigenvalue weighted by molar-refractivity contribution is 0.236. The third kappa shape index (κ3) is 4.05. The second-order valence-electron chi connectivity index (χ2n) is 5.68. The molecule has 1 aromatic carbocycles. The van der Waals surface area contributed by atoms with E-state index in [0.717, 1.165) is 13.0 Å². The van der Waals surface area contributed by atoms with Crippen molar-refractivity contribution in [2.45, 2.75) is 51.5 Å². The fourth-order valence-electron chi connectivity index (χ4n) is 3.06. The fourth-order valence-corrected chi connectivity index (χ4v) is 3.06. The van der Waals surface area contributed by atoms with Crippen molar-refractivity contribution in [3.63, 3.8) is 0 Å². The van der Waals surface area contributed by atoms with E-state index in [0.29, 0.717) is 6.04 Å². The molecule has 0 saturated carbocycles. The summed E-state index contributed by atoms with van der Waals surface area (Å²) in [6.07, 6.45) is 7.53. The molecule has 1 fully saturated rings. The Bertz CT molecular complexity index is 352. The van der Waals surface area contributed by atoms with Crippen LogP contribution >= 0.6 is 0 Å². The average Bonchev–Trinajstić information content (AvgIpc) is 2.97. The van der Waals surface area contributed by atoms with Crippen LogP contribution in [0.3, 0.4) is 0 Å². The molecule has 1 heterocycles. The van der Waals surface area contributed by atoms with E-state index in [1.807, 2.05) is 0 Å². The normalized spacial score (nSPS) is 17.8. The van der Waals surface area contributed by atoms with Crippen molar-refractivity contribution in [1.82, 2.24) is 4.90 Å². The second-order valence-corrected chi connectivity index (χ2v) is 5.68. The molecule has 1 saturated heterocycles. The topological polar surface area (TPSA) is 29.3 Å². The molecular weight excluding hydrogens is 232 g/mol. The Labute approximate surface area is 118 Å². The third-order valence-electron chi connectivity index (χ3n) is 4.21. The largest absolute Gasteiger partial charge is 0.330 e. The van der Waals surface area contributed by atoms with E-state index >= 15 is 0 Å². The van der Waals surface area contributed by atoms with Crippen LogP contribution < -0.4 is 5.73 Å². The Morgan fingerprint density at radius 2 is 1.84 bits per heavy atom. The van der Waals surface area contributed by atoms with Gasteiger partial charge in [0, 0.05) is 6.04 Å². The summed E-state index contributed by atoms with van der Waals surface area (Å²) in [6, 6.07) is 9.80. The minimum atomic E-state index is 0.535. The molecule has 1 aliphatic heterocycles. The number of rotatable bonds is 7. The van der Waals surface area contributed by atoms with E-state index < -0.39 is 0 Å². The van der Waals surface area contributed by atoms with Crippen LogP contribution in [0.25, 0.3) is 0 Å². The highest BCUT2D eigenvalue weighted by Crippen LogP contribution is 2.28. The summed E-state index contributed by atoms with van der Waals surface area (Å²) >= 11 is 0. The van der Waals surface area contributed by atoms with Crippen molar-refractivity contribution in [3.8, 4) is 0 Å². The van der Waals surface area contributed by atoms with Crippen LogP contribution in [0.2, 0.25) is 0 Å². The first kappa shape index (κ1) is 14.5. The molecule has 0 aliphatic carbocycles. The summed E-state index contributed by atoms with van der Waals surface area (Å²) in [4.78, 5) is 2.61. The number of hydrogen-bond donors (Lipinski definition) is 1. The van der Waals surface area contributed by atoms with Gasteiger partial charge in [-0.15, -0.1) is 0 Å². The van der Waals surface area contributed by atoms with E-state index in [2.05, 4.69) is 36.1 Å². The van der Waals surface area contributed by atoms with Crippen LogP contribution in [-0.2, 0) is 6.42 Å². The van der Waals surface area contributed by atoms with Gasteiger partial charge >= 0.3 is 0 Å². The minimum absolute atomic E-state index is 0.535. The minimum Gasteiger partial charge on any atom is -0.330 e. The van der Waals surface area contributed by atoms with E-state index in [1.54, 1.807) is 0 Å². The molecule has 0 spiro atoms. The molecule has 1 aliphatic rings. The zero-order valence-corrected chi connectivity index (χ0v) is 12.3. The van der Waals surface area contributed by atoms with Gasteiger partial charge in [-0.1, -0.05) is 37.6 Å². The van der Waals surface area contributed by atoms with Gasteiger partial charge in [0.15, 0.2) is 0 Å². The monoisotopic (exact) mass is 260 g/mol. The quantitative estimate of drug-likeness (QED) is 0.813. The van der Waals surface area contributed by atoms with E-state index in [1.165, 1.54) is 56.3 Å². The predicted octanol–water partition coefficient (Wildman–Crippen LogP) is 3.51. The van der Waals surface area contributed by atoms with E-state index in [4.69, 9.17) is 5.73 Å². The van der Waals surface area contributed by atoms with E-state index in [-0.39, 0.29) is 0 Å². The molecule has 0 radical (unpaired) electrons. The van der Waals surface area contributed by atoms with Gasteiger partial charge < -0.3 is 5.73 Å². The number of benzene rings is 1. The maximum absolute atomic E-state index is 5.80. The predicted molar refractivity (Wildman–Crippen MR) is 82.3 cm³/mol. The zero-order chi connectivity index (χ0) is 13.5. The lowest BCUT2D eigenvalue weighted by Gasteiger charge is -2.27. The molecule has 2 heteroatoms. The first-order valence-electron chi connectivity index (χ1n) is 7.88. The molecule has 2 rings (SSSR count). The van der Waals surface area contributed by atoms with Gasteiger partial charge in [0.1, 0.15) is 0 Å². The molecule has 1 unspecified atom stereocenters. The van der Waals surface area contributed by atoms with Crippen molar-refractivity contribution < 1.29 is 0 Å². The van der Waals surface area contributed by atoms with Crippen molar-refractivity contribution >= 4 is 0 Å². The molecule has 2 N–H and O–H groups in total. The van der Waals surface area contributed by atoms with E-state index in [9.17, 15) is 0 Å². The first-order valence-corrected chi connectivity index (χ1v) is 7.88. The number of nitrogens with two attached hydrogens (primary N) is 1. The maximum Gasteiger partial charge on any atom is 0.0360 e. The maximum atomic E-state index is 5.80. The Kier molecular flexibility index (Phi) is 5.87. The summed E-state index contributed by atoms with van der Waals surface area (Å²) in [7, 11) is 0.